The molecule has 1 saturated carbocycles. The molecule has 3 aliphatic rings. The van der Waals surface area contributed by atoms with E-state index in [1.165, 1.54) is 17.0 Å². The zero-order valence-corrected chi connectivity index (χ0v) is 25.5. The van der Waals surface area contributed by atoms with Crippen LogP contribution in [-0.4, -0.2) is 87.7 Å². The molecule has 45 heavy (non-hydrogen) atoms. The lowest BCUT2D eigenvalue weighted by molar-refractivity contribution is -0.144. The molecular formula is C33H36FN5O6. The van der Waals surface area contributed by atoms with Gasteiger partial charge in [-0.25, -0.2) is 19.0 Å². The SMILES string of the molecule is COc1ccc2c(OC3CC4C(=O)NC5(C(=O)O)CC5/C=C\CCCCN(C)C(=O)N4C3)nc(-c3ccc(F)cc3)nc2c1C. The fraction of sp³-hybridized carbons (Fsp3) is 0.424. The van der Waals surface area contributed by atoms with Gasteiger partial charge in [-0.3, -0.25) is 4.79 Å². The lowest BCUT2D eigenvalue weighted by atomic mass is 10.1. The van der Waals surface area contributed by atoms with Crippen molar-refractivity contribution in [2.24, 2.45) is 5.92 Å². The third-order valence-corrected chi connectivity index (χ3v) is 9.00. The predicted octanol–water partition coefficient (Wildman–Crippen LogP) is 4.33. The number of carbonyl (C=O) groups excluding carboxylic acids is 2. The van der Waals surface area contributed by atoms with Crippen LogP contribution in [0.15, 0.2) is 48.6 Å². The molecule has 2 aromatic carbocycles. The third-order valence-electron chi connectivity index (χ3n) is 9.00. The van der Waals surface area contributed by atoms with Gasteiger partial charge in [-0.05, 0) is 69.0 Å². The van der Waals surface area contributed by atoms with Crippen LogP contribution >= 0.6 is 0 Å². The molecule has 0 spiro atoms. The van der Waals surface area contributed by atoms with Gasteiger partial charge in [0.1, 0.15) is 29.3 Å². The smallest absolute Gasteiger partial charge is 0.330 e. The van der Waals surface area contributed by atoms with Gasteiger partial charge in [0.15, 0.2) is 5.82 Å². The van der Waals surface area contributed by atoms with Crippen LogP contribution in [0.1, 0.15) is 37.7 Å². The van der Waals surface area contributed by atoms with E-state index in [0.29, 0.717) is 41.0 Å². The minimum atomic E-state index is -1.39. The number of carboxylic acids is 1. The summed E-state index contributed by atoms with van der Waals surface area (Å²) in [7, 11) is 3.27. The van der Waals surface area contributed by atoms with Gasteiger partial charge in [0.2, 0.25) is 11.8 Å². The minimum Gasteiger partial charge on any atom is -0.496 e. The molecule has 1 saturated heterocycles. The number of allylic oxidation sites excluding steroid dienone is 1. The zero-order valence-electron chi connectivity index (χ0n) is 25.5. The lowest BCUT2D eigenvalue weighted by Gasteiger charge is -2.29. The number of nitrogens with zero attached hydrogens (tertiary/aromatic N) is 4. The van der Waals surface area contributed by atoms with E-state index in [1.54, 1.807) is 43.3 Å². The van der Waals surface area contributed by atoms with Gasteiger partial charge in [0, 0.05) is 37.1 Å². The van der Waals surface area contributed by atoms with Crippen molar-refractivity contribution < 1.29 is 33.4 Å². The number of hydrogen-bond acceptors (Lipinski definition) is 7. The van der Waals surface area contributed by atoms with Crippen molar-refractivity contribution in [1.82, 2.24) is 25.1 Å². The van der Waals surface area contributed by atoms with Crippen LogP contribution in [0.4, 0.5) is 9.18 Å². The first-order valence-electron chi connectivity index (χ1n) is 15.1. The molecule has 3 aromatic rings. The number of ether oxygens (including phenoxy) is 2. The summed E-state index contributed by atoms with van der Waals surface area (Å²) in [6.45, 7) is 2.48. The number of nitrogens with one attached hydrogen (secondary N) is 1. The summed E-state index contributed by atoms with van der Waals surface area (Å²) >= 11 is 0. The highest BCUT2D eigenvalue weighted by Gasteiger charge is 2.61. The number of urea groups is 1. The molecule has 1 aliphatic carbocycles. The molecule has 1 aromatic heterocycles. The van der Waals surface area contributed by atoms with Crippen LogP contribution in [0.2, 0.25) is 0 Å². The van der Waals surface area contributed by atoms with Crippen molar-refractivity contribution in [2.75, 3.05) is 27.2 Å². The summed E-state index contributed by atoms with van der Waals surface area (Å²) in [4.78, 5) is 52.2. The molecule has 6 rings (SSSR count). The van der Waals surface area contributed by atoms with E-state index >= 15 is 0 Å². The lowest BCUT2D eigenvalue weighted by Crippen LogP contribution is -2.54. The van der Waals surface area contributed by atoms with E-state index in [-0.39, 0.29) is 30.8 Å². The van der Waals surface area contributed by atoms with Crippen molar-refractivity contribution in [3.63, 3.8) is 0 Å². The van der Waals surface area contributed by atoms with E-state index in [0.717, 1.165) is 24.8 Å². The number of rotatable bonds is 5. The normalized spacial score (nSPS) is 26.0. The van der Waals surface area contributed by atoms with Gasteiger partial charge < -0.3 is 29.7 Å². The van der Waals surface area contributed by atoms with Crippen LogP contribution in [0.25, 0.3) is 22.3 Å². The summed E-state index contributed by atoms with van der Waals surface area (Å²) in [5, 5.41) is 13.4. The third kappa shape index (κ3) is 5.76. The number of hydrogen-bond donors (Lipinski definition) is 2. The van der Waals surface area contributed by atoms with Crippen molar-refractivity contribution >= 4 is 28.8 Å². The second-order valence-electron chi connectivity index (χ2n) is 12.0. The molecule has 2 N–H and O–H groups in total. The highest BCUT2D eigenvalue weighted by molar-refractivity contribution is 5.95. The molecule has 2 aliphatic heterocycles. The second kappa shape index (κ2) is 12.0. The first-order valence-corrected chi connectivity index (χ1v) is 15.1. The molecule has 0 radical (unpaired) electrons. The average molecular weight is 618 g/mol. The van der Waals surface area contributed by atoms with Crippen LogP contribution in [-0.2, 0) is 9.59 Å². The number of benzene rings is 2. The first kappa shape index (κ1) is 30.3. The number of methoxy groups -OCH3 is 1. The highest BCUT2D eigenvalue weighted by atomic mass is 19.1. The number of carbonyl (C=O) groups is 3. The van der Waals surface area contributed by atoms with Gasteiger partial charge in [-0.15, -0.1) is 0 Å². The maximum atomic E-state index is 13.7. The van der Waals surface area contributed by atoms with Crippen LogP contribution in [0.5, 0.6) is 11.6 Å². The van der Waals surface area contributed by atoms with Gasteiger partial charge in [0.25, 0.3) is 0 Å². The molecule has 4 unspecified atom stereocenters. The van der Waals surface area contributed by atoms with E-state index in [1.807, 2.05) is 19.1 Å². The molecular weight excluding hydrogens is 581 g/mol. The van der Waals surface area contributed by atoms with E-state index in [4.69, 9.17) is 19.4 Å². The number of amides is 3. The Labute approximate surface area is 260 Å². The van der Waals surface area contributed by atoms with Crippen LogP contribution in [0, 0.1) is 18.7 Å². The quantitative estimate of drug-likeness (QED) is 0.405. The largest absolute Gasteiger partial charge is 0.496 e. The number of aromatic nitrogens is 2. The summed E-state index contributed by atoms with van der Waals surface area (Å²) in [6.07, 6.45) is 6.03. The Kier molecular flexibility index (Phi) is 8.07. The fourth-order valence-electron chi connectivity index (χ4n) is 6.28. The molecule has 11 nitrogen and oxygen atoms in total. The summed E-state index contributed by atoms with van der Waals surface area (Å²) < 4.78 is 25.7. The van der Waals surface area contributed by atoms with E-state index < -0.39 is 35.4 Å². The van der Waals surface area contributed by atoms with E-state index in [9.17, 15) is 23.9 Å². The van der Waals surface area contributed by atoms with Gasteiger partial charge in [0.05, 0.1) is 24.6 Å². The molecule has 4 atom stereocenters. The Hall–Kier alpha value is -4.74. The molecule has 0 bridgehead atoms. The number of carboxylic acid groups (broad SMARTS) is 1. The summed E-state index contributed by atoms with van der Waals surface area (Å²) in [5.74, 6) is -1.13. The molecule has 3 heterocycles. The van der Waals surface area contributed by atoms with Gasteiger partial charge in [-0.1, -0.05) is 12.2 Å². The number of aryl methyl sites for hydroxylation is 1. The van der Waals surface area contributed by atoms with E-state index in [2.05, 4.69) is 5.32 Å². The van der Waals surface area contributed by atoms with Crippen LogP contribution in [0.3, 0.4) is 0 Å². The Bertz CT molecular complexity index is 1680. The maximum Gasteiger partial charge on any atom is 0.330 e. The zero-order chi connectivity index (χ0) is 31.9. The number of fused-ring (bicyclic) bond motifs is 3. The number of halogens is 1. The van der Waals surface area contributed by atoms with Gasteiger partial charge in [-0.2, -0.15) is 4.98 Å². The Morgan fingerprint density at radius 2 is 1.91 bits per heavy atom. The Balaban J connectivity index is 1.35. The maximum absolute atomic E-state index is 13.7. The molecule has 236 valence electrons. The number of aliphatic carboxylic acids is 1. The fourth-order valence-corrected chi connectivity index (χ4v) is 6.28. The second-order valence-corrected chi connectivity index (χ2v) is 12.0. The Morgan fingerprint density at radius 1 is 1.13 bits per heavy atom. The Morgan fingerprint density at radius 3 is 2.64 bits per heavy atom. The van der Waals surface area contributed by atoms with Crippen LogP contribution < -0.4 is 14.8 Å². The van der Waals surface area contributed by atoms with Crippen molar-refractivity contribution in [2.45, 2.75) is 56.7 Å². The summed E-state index contributed by atoms with van der Waals surface area (Å²) in [6, 6.07) is 8.13. The molecule has 3 amide bonds. The summed E-state index contributed by atoms with van der Waals surface area (Å²) in [5.41, 5.74) is 0.537. The predicted molar refractivity (Wildman–Crippen MR) is 163 cm³/mol. The van der Waals surface area contributed by atoms with Crippen molar-refractivity contribution in [1.29, 1.82) is 0 Å². The monoisotopic (exact) mass is 617 g/mol. The minimum absolute atomic E-state index is 0.0944. The van der Waals surface area contributed by atoms with Crippen molar-refractivity contribution in [3.05, 3.63) is 59.9 Å². The average Bonchev–Trinajstić information content (AvgIpc) is 3.56. The standard InChI is InChI=1S/C33H36FN5O6/c1-19-26(44-3)14-13-24-27(19)35-28(20-9-11-22(34)12-10-20)36-30(24)45-23-16-25-29(40)37-33(31(41)42)17-21(33)8-6-4-5-7-15-38(2)32(43)39(25)18-23/h6,8-14,21,23,25H,4-5,7,15-18H2,1-3H3,(H,37,40)(H,41,42)/b8-6-. The topological polar surface area (TPSA) is 134 Å². The van der Waals surface area contributed by atoms with Crippen molar-refractivity contribution in [3.8, 4) is 23.0 Å². The first-order chi connectivity index (χ1) is 21.6. The molecule has 12 heteroatoms. The van der Waals surface area contributed by atoms with Gasteiger partial charge >= 0.3 is 12.0 Å². The molecule has 2 fully saturated rings. The highest BCUT2D eigenvalue weighted by Crippen LogP contribution is 2.45.